The van der Waals surface area contributed by atoms with Crippen LogP contribution in [0.1, 0.15) is 46.9 Å². The highest BCUT2D eigenvalue weighted by atomic mass is 32.2. The van der Waals surface area contributed by atoms with E-state index in [4.69, 9.17) is 9.29 Å². The van der Waals surface area contributed by atoms with Gasteiger partial charge in [-0.25, -0.2) is 14.8 Å². The summed E-state index contributed by atoms with van der Waals surface area (Å²) < 4.78 is 36.7. The number of nitrogens with zero attached hydrogens (tertiary/aromatic N) is 2. The molecule has 0 radical (unpaired) electrons. The molecule has 1 aliphatic carbocycles. The van der Waals surface area contributed by atoms with Crippen molar-refractivity contribution < 1.29 is 27.6 Å². The van der Waals surface area contributed by atoms with Gasteiger partial charge >= 0.3 is 16.1 Å². The molecule has 0 bridgehead atoms. The van der Waals surface area contributed by atoms with Gasteiger partial charge in [0.05, 0.1) is 18.0 Å². The molecule has 9 heteroatoms. The topological polar surface area (TPSA) is 127 Å². The molecule has 5 aromatic rings. The zero-order valence-electron chi connectivity index (χ0n) is 22.8. The number of aryl methyl sites for hydroxylation is 3. The molecular weight excluding hydrogens is 540 g/mol. The molecule has 1 aliphatic rings. The van der Waals surface area contributed by atoms with Crippen LogP contribution in [0.3, 0.4) is 0 Å². The van der Waals surface area contributed by atoms with E-state index in [-0.39, 0.29) is 29.3 Å². The van der Waals surface area contributed by atoms with E-state index >= 15 is 0 Å². The Balaban J connectivity index is 0.000000168. The molecule has 0 atom stereocenters. The van der Waals surface area contributed by atoms with Crippen LogP contribution in [0.15, 0.2) is 78.0 Å². The Morgan fingerprint density at radius 1 is 0.878 bits per heavy atom. The zero-order valence-corrected chi connectivity index (χ0v) is 23.6. The Kier molecular flexibility index (Phi) is 8.01. The zero-order chi connectivity index (χ0) is 29.1. The van der Waals surface area contributed by atoms with Gasteiger partial charge in [-0.2, -0.15) is 8.42 Å². The van der Waals surface area contributed by atoms with Gasteiger partial charge in [0.1, 0.15) is 11.3 Å². The SMILES string of the molecule is CCOC(=O)c1c(C)nc(S(=O)(=O)O)nc1-c1ccc(O)cc1.c1ccc2c(c1)ccc1c3c(ccc12)CCCC3. The first-order chi connectivity index (χ1) is 19.7. The summed E-state index contributed by atoms with van der Waals surface area (Å²) in [6.07, 6.45) is 5.22. The van der Waals surface area contributed by atoms with Crippen molar-refractivity contribution in [2.24, 2.45) is 0 Å². The molecule has 0 amide bonds. The Bertz CT molecular complexity index is 1870. The van der Waals surface area contributed by atoms with Gasteiger partial charge in [-0.1, -0.05) is 48.5 Å². The highest BCUT2D eigenvalue weighted by Crippen LogP contribution is 2.33. The number of hydrogen-bond donors (Lipinski definition) is 2. The number of aromatic nitrogens is 2. The second kappa shape index (κ2) is 11.6. The second-order valence-corrected chi connectivity index (χ2v) is 11.2. The maximum Gasteiger partial charge on any atom is 0.342 e. The number of rotatable bonds is 4. The van der Waals surface area contributed by atoms with Crippen LogP contribution in [0.4, 0.5) is 0 Å². The highest BCUT2D eigenvalue weighted by molar-refractivity contribution is 7.85. The normalized spacial score (nSPS) is 12.9. The number of benzene rings is 4. The van der Waals surface area contributed by atoms with Crippen LogP contribution in [-0.4, -0.2) is 40.6 Å². The predicted octanol–water partition coefficient (Wildman–Crippen LogP) is 6.45. The van der Waals surface area contributed by atoms with Crippen molar-refractivity contribution in [3.8, 4) is 17.0 Å². The van der Waals surface area contributed by atoms with Gasteiger partial charge in [-0.05, 0) is 96.5 Å². The van der Waals surface area contributed by atoms with Gasteiger partial charge in [-0.3, -0.25) is 4.55 Å². The first-order valence-electron chi connectivity index (χ1n) is 13.4. The summed E-state index contributed by atoms with van der Waals surface area (Å²) in [5.74, 6) is -0.720. The number of hydrogen-bond acceptors (Lipinski definition) is 7. The van der Waals surface area contributed by atoms with Crippen molar-refractivity contribution >= 4 is 37.6 Å². The van der Waals surface area contributed by atoms with E-state index in [9.17, 15) is 18.3 Å². The molecule has 2 N–H and O–H groups in total. The van der Waals surface area contributed by atoms with Crippen molar-refractivity contribution in [2.75, 3.05) is 6.61 Å². The van der Waals surface area contributed by atoms with Crippen molar-refractivity contribution in [1.29, 1.82) is 0 Å². The van der Waals surface area contributed by atoms with Crippen LogP contribution >= 0.6 is 0 Å². The summed E-state index contributed by atoms with van der Waals surface area (Å²) in [5.41, 5.74) is 3.57. The Morgan fingerprint density at radius 2 is 1.59 bits per heavy atom. The maximum atomic E-state index is 12.1. The largest absolute Gasteiger partial charge is 0.508 e. The Morgan fingerprint density at radius 3 is 2.32 bits per heavy atom. The molecule has 0 spiro atoms. The first kappa shape index (κ1) is 28.2. The van der Waals surface area contributed by atoms with E-state index in [0.717, 1.165) is 0 Å². The summed E-state index contributed by atoms with van der Waals surface area (Å²) in [4.78, 5) is 19.6. The lowest BCUT2D eigenvalue weighted by Gasteiger charge is -2.18. The van der Waals surface area contributed by atoms with E-state index in [1.807, 2.05) is 0 Å². The highest BCUT2D eigenvalue weighted by Gasteiger charge is 2.25. The average molecular weight is 571 g/mol. The lowest BCUT2D eigenvalue weighted by atomic mass is 9.86. The molecule has 210 valence electrons. The standard InChI is InChI=1S/C18H16.C14H14N2O6S/c1-3-7-15-13(5-1)9-11-18-16-8-4-2-6-14(16)10-12-17(15)18;1-3-22-13(18)11-8(2)15-14(23(19,20)21)16-12(11)9-4-6-10(17)7-5-9/h1,3,5,7,9-12H,2,4,6,8H2;4-7,17H,3H2,1-2H3,(H,19,20,21). The molecule has 41 heavy (non-hydrogen) atoms. The van der Waals surface area contributed by atoms with Gasteiger partial charge < -0.3 is 9.84 Å². The maximum absolute atomic E-state index is 12.1. The smallest absolute Gasteiger partial charge is 0.342 e. The third kappa shape index (κ3) is 5.91. The fourth-order valence-corrected chi connectivity index (χ4v) is 5.74. The number of phenols is 1. The molecule has 1 heterocycles. The first-order valence-corrected chi connectivity index (χ1v) is 14.9. The Labute approximate surface area is 238 Å². The van der Waals surface area contributed by atoms with Gasteiger partial charge in [-0.15, -0.1) is 0 Å². The quantitative estimate of drug-likeness (QED) is 0.109. The molecule has 1 aromatic heterocycles. The van der Waals surface area contributed by atoms with Crippen LogP contribution in [0, 0.1) is 6.92 Å². The molecule has 0 fully saturated rings. The van der Waals surface area contributed by atoms with Gasteiger partial charge in [0.15, 0.2) is 0 Å². The number of fused-ring (bicyclic) bond motifs is 5. The second-order valence-electron chi connectivity index (χ2n) is 9.85. The number of esters is 1. The molecule has 8 nitrogen and oxygen atoms in total. The number of ether oxygens (including phenoxy) is 1. The minimum absolute atomic E-state index is 0.00721. The van der Waals surface area contributed by atoms with Crippen LogP contribution in [0.5, 0.6) is 5.75 Å². The number of aromatic hydroxyl groups is 1. The number of phenolic OH excluding ortho intramolecular Hbond substituents is 1. The number of carbonyl (C=O) groups excluding carboxylic acids is 1. The fourth-order valence-electron chi connectivity index (χ4n) is 5.28. The van der Waals surface area contributed by atoms with E-state index in [1.54, 1.807) is 18.1 Å². The lowest BCUT2D eigenvalue weighted by Crippen LogP contribution is -2.15. The van der Waals surface area contributed by atoms with Crippen LogP contribution in [0.25, 0.3) is 32.8 Å². The monoisotopic (exact) mass is 570 g/mol. The van der Waals surface area contributed by atoms with Crippen LogP contribution < -0.4 is 0 Å². The Hall–Kier alpha value is -4.34. The van der Waals surface area contributed by atoms with Crippen molar-refractivity contribution in [2.45, 2.75) is 44.7 Å². The number of carbonyl (C=O) groups is 1. The third-order valence-electron chi connectivity index (χ3n) is 7.18. The van der Waals surface area contributed by atoms with E-state index < -0.39 is 21.2 Å². The fraction of sp³-hybridized carbons (Fsp3) is 0.219. The molecule has 0 saturated carbocycles. The molecular formula is C32H30N2O6S. The van der Waals surface area contributed by atoms with Crippen molar-refractivity contribution in [3.63, 3.8) is 0 Å². The summed E-state index contributed by atoms with van der Waals surface area (Å²) in [6.45, 7) is 3.15. The van der Waals surface area contributed by atoms with E-state index in [0.29, 0.717) is 5.56 Å². The minimum atomic E-state index is -4.64. The van der Waals surface area contributed by atoms with Crippen LogP contribution in [0.2, 0.25) is 0 Å². The molecule has 0 aliphatic heterocycles. The lowest BCUT2D eigenvalue weighted by molar-refractivity contribution is 0.0525. The predicted molar refractivity (Wildman–Crippen MR) is 158 cm³/mol. The van der Waals surface area contributed by atoms with E-state index in [2.05, 4.69) is 58.5 Å². The molecule has 4 aromatic carbocycles. The molecule has 0 unspecified atom stereocenters. The van der Waals surface area contributed by atoms with Gasteiger partial charge in [0.25, 0.3) is 5.16 Å². The van der Waals surface area contributed by atoms with Gasteiger partial charge in [0, 0.05) is 5.56 Å². The minimum Gasteiger partial charge on any atom is -0.508 e. The van der Waals surface area contributed by atoms with Crippen molar-refractivity contribution in [1.82, 2.24) is 9.97 Å². The third-order valence-corrected chi connectivity index (χ3v) is 7.82. The molecule has 0 saturated heterocycles. The summed E-state index contributed by atoms with van der Waals surface area (Å²) >= 11 is 0. The summed E-state index contributed by atoms with van der Waals surface area (Å²) in [7, 11) is -4.64. The molecule has 6 rings (SSSR count). The van der Waals surface area contributed by atoms with Crippen LogP contribution in [-0.2, 0) is 27.7 Å². The summed E-state index contributed by atoms with van der Waals surface area (Å²) in [6, 6.07) is 23.6. The van der Waals surface area contributed by atoms with E-state index in [1.165, 1.54) is 78.4 Å². The van der Waals surface area contributed by atoms with Crippen molar-refractivity contribution in [3.05, 3.63) is 95.2 Å². The summed E-state index contributed by atoms with van der Waals surface area (Å²) in [5, 5.41) is 14.2. The average Bonchev–Trinajstić information content (AvgIpc) is 2.97. The van der Waals surface area contributed by atoms with Gasteiger partial charge in [0.2, 0.25) is 0 Å².